The van der Waals surface area contributed by atoms with Crippen molar-refractivity contribution in [3.05, 3.63) is 0 Å². The summed E-state index contributed by atoms with van der Waals surface area (Å²) in [6, 6.07) is 0.838. The molecule has 0 spiro atoms. The first-order valence-corrected chi connectivity index (χ1v) is 7.18. The molecule has 0 aromatic heterocycles. The summed E-state index contributed by atoms with van der Waals surface area (Å²) in [5, 5.41) is 0. The molecule has 2 heterocycles. The summed E-state index contributed by atoms with van der Waals surface area (Å²) in [5.74, 6) is 0. The number of rotatable bonds is 4. The van der Waals surface area contributed by atoms with Gasteiger partial charge in [-0.05, 0) is 39.2 Å². The highest BCUT2D eigenvalue weighted by Gasteiger charge is 2.41. The summed E-state index contributed by atoms with van der Waals surface area (Å²) in [5.41, 5.74) is 0.499. The Bertz CT molecular complexity index is 229. The van der Waals surface area contributed by atoms with Crippen LogP contribution in [0.2, 0.25) is 0 Å². The predicted octanol–water partition coefficient (Wildman–Crippen LogP) is 2.74. The average molecular weight is 224 g/mol. The van der Waals surface area contributed by atoms with E-state index in [9.17, 15) is 0 Å². The third-order valence-electron chi connectivity index (χ3n) is 4.72. The van der Waals surface area contributed by atoms with Gasteiger partial charge in [0.25, 0.3) is 0 Å². The Kier molecular flexibility index (Phi) is 3.91. The Morgan fingerprint density at radius 3 is 2.69 bits per heavy atom. The molecule has 0 N–H and O–H groups in total. The van der Waals surface area contributed by atoms with E-state index in [1.54, 1.807) is 0 Å². The highest BCUT2D eigenvalue weighted by molar-refractivity contribution is 4.99. The lowest BCUT2D eigenvalue weighted by Gasteiger charge is -2.47. The van der Waals surface area contributed by atoms with Crippen molar-refractivity contribution in [3.63, 3.8) is 0 Å². The minimum atomic E-state index is 0.499. The molecule has 2 nitrogen and oxygen atoms in total. The summed E-state index contributed by atoms with van der Waals surface area (Å²) >= 11 is 0. The lowest BCUT2D eigenvalue weighted by atomic mass is 9.93. The summed E-state index contributed by atoms with van der Waals surface area (Å²) in [6.45, 7) is 12.4. The SMILES string of the molecule is CCCC(CC)N1CCN2CCC[C@]2(C)C1. The Morgan fingerprint density at radius 2 is 2.00 bits per heavy atom. The van der Waals surface area contributed by atoms with Crippen molar-refractivity contribution in [2.75, 3.05) is 26.2 Å². The molecule has 2 heteroatoms. The monoisotopic (exact) mass is 224 g/mol. The van der Waals surface area contributed by atoms with E-state index in [1.807, 2.05) is 0 Å². The maximum atomic E-state index is 2.77. The van der Waals surface area contributed by atoms with Gasteiger partial charge in [-0.2, -0.15) is 0 Å². The topological polar surface area (TPSA) is 6.48 Å². The van der Waals surface area contributed by atoms with Crippen LogP contribution < -0.4 is 0 Å². The van der Waals surface area contributed by atoms with E-state index in [0.717, 1.165) is 6.04 Å². The molecule has 2 rings (SSSR count). The fourth-order valence-electron chi connectivity index (χ4n) is 3.70. The van der Waals surface area contributed by atoms with Crippen molar-refractivity contribution < 1.29 is 0 Å². The number of fused-ring (bicyclic) bond motifs is 1. The van der Waals surface area contributed by atoms with Crippen LogP contribution in [-0.4, -0.2) is 47.6 Å². The fourth-order valence-corrected chi connectivity index (χ4v) is 3.70. The summed E-state index contributed by atoms with van der Waals surface area (Å²) in [6.07, 6.45) is 6.85. The van der Waals surface area contributed by atoms with Gasteiger partial charge in [0.15, 0.2) is 0 Å². The summed E-state index contributed by atoms with van der Waals surface area (Å²) < 4.78 is 0. The molecule has 0 radical (unpaired) electrons. The molecule has 2 saturated heterocycles. The molecule has 0 bridgehead atoms. The normalized spacial score (nSPS) is 33.9. The van der Waals surface area contributed by atoms with Crippen LogP contribution in [0.15, 0.2) is 0 Å². The molecule has 0 aromatic carbocycles. The van der Waals surface area contributed by atoms with Gasteiger partial charge in [-0.3, -0.25) is 9.80 Å². The van der Waals surface area contributed by atoms with Gasteiger partial charge in [0.1, 0.15) is 0 Å². The molecule has 1 unspecified atom stereocenters. The first-order valence-electron chi connectivity index (χ1n) is 7.18. The van der Waals surface area contributed by atoms with E-state index in [-0.39, 0.29) is 0 Å². The molecule has 0 amide bonds. The molecule has 0 aromatic rings. The number of hydrogen-bond donors (Lipinski definition) is 0. The average Bonchev–Trinajstić information content (AvgIpc) is 2.66. The van der Waals surface area contributed by atoms with Crippen LogP contribution >= 0.6 is 0 Å². The van der Waals surface area contributed by atoms with Crippen LogP contribution in [0, 0.1) is 0 Å². The molecule has 0 aliphatic carbocycles. The first-order chi connectivity index (χ1) is 7.69. The van der Waals surface area contributed by atoms with Crippen LogP contribution in [0.25, 0.3) is 0 Å². The second-order valence-corrected chi connectivity index (χ2v) is 5.91. The van der Waals surface area contributed by atoms with Crippen LogP contribution in [0.4, 0.5) is 0 Å². The maximum absolute atomic E-state index is 2.77. The highest BCUT2D eigenvalue weighted by atomic mass is 15.3. The van der Waals surface area contributed by atoms with Crippen molar-refractivity contribution in [2.45, 2.75) is 64.5 Å². The number of piperazine rings is 1. The molecule has 2 aliphatic heterocycles. The minimum absolute atomic E-state index is 0.499. The van der Waals surface area contributed by atoms with Gasteiger partial charge in [0, 0.05) is 31.2 Å². The molecule has 2 aliphatic rings. The molecule has 2 fully saturated rings. The molecular formula is C14H28N2. The van der Waals surface area contributed by atoms with E-state index in [4.69, 9.17) is 0 Å². The van der Waals surface area contributed by atoms with Crippen molar-refractivity contribution in [1.29, 1.82) is 0 Å². The van der Waals surface area contributed by atoms with E-state index < -0.39 is 0 Å². The van der Waals surface area contributed by atoms with Crippen LogP contribution in [0.3, 0.4) is 0 Å². The molecule has 94 valence electrons. The maximum Gasteiger partial charge on any atom is 0.0309 e. The quantitative estimate of drug-likeness (QED) is 0.724. The van der Waals surface area contributed by atoms with Crippen LogP contribution in [0.5, 0.6) is 0 Å². The smallest absolute Gasteiger partial charge is 0.0309 e. The Labute approximate surface area is 101 Å². The van der Waals surface area contributed by atoms with Crippen molar-refractivity contribution in [2.24, 2.45) is 0 Å². The van der Waals surface area contributed by atoms with Gasteiger partial charge in [0.05, 0.1) is 0 Å². The standard InChI is InChI=1S/C14H28N2/c1-4-7-13(5-2)15-10-11-16-9-6-8-14(16,3)12-15/h13H,4-12H2,1-3H3/t13?,14-/m1/s1. The molecular weight excluding hydrogens is 196 g/mol. The van der Waals surface area contributed by atoms with Gasteiger partial charge < -0.3 is 0 Å². The first kappa shape index (κ1) is 12.4. The zero-order valence-corrected chi connectivity index (χ0v) is 11.3. The van der Waals surface area contributed by atoms with Gasteiger partial charge in [-0.15, -0.1) is 0 Å². The lowest BCUT2D eigenvalue weighted by Crippen LogP contribution is -2.59. The summed E-state index contributed by atoms with van der Waals surface area (Å²) in [4.78, 5) is 5.49. The number of nitrogens with zero attached hydrogens (tertiary/aromatic N) is 2. The van der Waals surface area contributed by atoms with E-state index in [1.165, 1.54) is 58.3 Å². The number of hydrogen-bond acceptors (Lipinski definition) is 2. The van der Waals surface area contributed by atoms with Gasteiger partial charge in [-0.1, -0.05) is 20.3 Å². The second kappa shape index (κ2) is 5.05. The van der Waals surface area contributed by atoms with Crippen LogP contribution in [-0.2, 0) is 0 Å². The Morgan fingerprint density at radius 1 is 1.19 bits per heavy atom. The Balaban J connectivity index is 1.97. The van der Waals surface area contributed by atoms with Crippen molar-refractivity contribution >= 4 is 0 Å². The van der Waals surface area contributed by atoms with E-state index in [0.29, 0.717) is 5.54 Å². The van der Waals surface area contributed by atoms with Gasteiger partial charge >= 0.3 is 0 Å². The second-order valence-electron chi connectivity index (χ2n) is 5.91. The molecule has 2 atom stereocenters. The zero-order chi connectivity index (χ0) is 11.6. The highest BCUT2D eigenvalue weighted by Crippen LogP contribution is 2.33. The molecule has 16 heavy (non-hydrogen) atoms. The third-order valence-corrected chi connectivity index (χ3v) is 4.72. The largest absolute Gasteiger partial charge is 0.297 e. The fraction of sp³-hybridized carbons (Fsp3) is 1.00. The Hall–Kier alpha value is -0.0800. The van der Waals surface area contributed by atoms with Gasteiger partial charge in [0.2, 0.25) is 0 Å². The van der Waals surface area contributed by atoms with E-state index >= 15 is 0 Å². The van der Waals surface area contributed by atoms with Gasteiger partial charge in [-0.25, -0.2) is 0 Å². The van der Waals surface area contributed by atoms with Crippen molar-refractivity contribution in [3.8, 4) is 0 Å². The predicted molar refractivity (Wildman–Crippen MR) is 69.8 cm³/mol. The summed E-state index contributed by atoms with van der Waals surface area (Å²) in [7, 11) is 0. The minimum Gasteiger partial charge on any atom is -0.297 e. The van der Waals surface area contributed by atoms with E-state index in [2.05, 4.69) is 30.6 Å². The zero-order valence-electron chi connectivity index (χ0n) is 11.3. The van der Waals surface area contributed by atoms with Crippen molar-refractivity contribution in [1.82, 2.24) is 9.80 Å². The lowest BCUT2D eigenvalue weighted by molar-refractivity contribution is 0.0136. The third kappa shape index (κ3) is 2.28. The van der Waals surface area contributed by atoms with Crippen LogP contribution in [0.1, 0.15) is 52.9 Å². The molecule has 0 saturated carbocycles.